The van der Waals surface area contributed by atoms with Crippen molar-refractivity contribution >= 4 is 28.2 Å². The van der Waals surface area contributed by atoms with Crippen LogP contribution >= 0.6 is 0 Å². The van der Waals surface area contributed by atoms with Gasteiger partial charge in [0.1, 0.15) is 11.6 Å². The number of rotatable bonds is 4. The average Bonchev–Trinajstić information content (AvgIpc) is 2.73. The number of hydrogen-bond acceptors (Lipinski definition) is 5. The quantitative estimate of drug-likeness (QED) is 0.767. The molecule has 1 aliphatic rings. The summed E-state index contributed by atoms with van der Waals surface area (Å²) in [5.74, 6) is 0.766. The first-order chi connectivity index (χ1) is 13.2. The van der Waals surface area contributed by atoms with Gasteiger partial charge < -0.3 is 19.6 Å². The van der Waals surface area contributed by atoms with Gasteiger partial charge in [-0.15, -0.1) is 0 Å². The fourth-order valence-electron chi connectivity index (χ4n) is 3.65. The Morgan fingerprint density at radius 2 is 1.59 bits per heavy atom. The number of piperazine rings is 1. The third-order valence-electron chi connectivity index (χ3n) is 5.01. The summed E-state index contributed by atoms with van der Waals surface area (Å²) in [6.07, 6.45) is 1.46. The van der Waals surface area contributed by atoms with Gasteiger partial charge in [-0.3, -0.25) is 0 Å². The van der Waals surface area contributed by atoms with E-state index in [0.717, 1.165) is 54.2 Å². The number of hydrogen-bond donors (Lipinski definition) is 1. The van der Waals surface area contributed by atoms with Crippen molar-refractivity contribution in [1.82, 2.24) is 4.98 Å². The molecule has 0 unspecified atom stereocenters. The molecule has 1 aromatic heterocycles. The molecule has 0 atom stereocenters. The fraction of sp³-hybridized carbons (Fsp3) is 0.238. The minimum Gasteiger partial charge on any atom is -0.495 e. The van der Waals surface area contributed by atoms with Gasteiger partial charge in [-0.05, 0) is 12.1 Å². The molecule has 0 amide bonds. The SMILES string of the molecule is COc1ccccc1N1CCN(c2ncc(C(=O)O)c3ccccc23)CC1. The highest BCUT2D eigenvalue weighted by Gasteiger charge is 2.22. The predicted octanol–water partition coefficient (Wildman–Crippen LogP) is 3.27. The van der Waals surface area contributed by atoms with Crippen molar-refractivity contribution in [2.75, 3.05) is 43.1 Å². The molecule has 1 N–H and O–H groups in total. The minimum absolute atomic E-state index is 0.238. The third kappa shape index (κ3) is 3.14. The number of fused-ring (bicyclic) bond motifs is 1. The van der Waals surface area contributed by atoms with Crippen LogP contribution in [0.1, 0.15) is 10.4 Å². The molecule has 6 nitrogen and oxygen atoms in total. The largest absolute Gasteiger partial charge is 0.495 e. The van der Waals surface area contributed by atoms with E-state index < -0.39 is 5.97 Å². The summed E-state index contributed by atoms with van der Waals surface area (Å²) in [7, 11) is 1.69. The highest BCUT2D eigenvalue weighted by atomic mass is 16.5. The van der Waals surface area contributed by atoms with Crippen LogP contribution in [-0.4, -0.2) is 49.3 Å². The highest BCUT2D eigenvalue weighted by Crippen LogP contribution is 2.31. The number of para-hydroxylation sites is 2. The molecule has 3 aromatic rings. The number of benzene rings is 2. The number of carboxylic acid groups (broad SMARTS) is 1. The number of aromatic carboxylic acids is 1. The van der Waals surface area contributed by atoms with Gasteiger partial charge in [0.05, 0.1) is 18.4 Å². The second kappa shape index (κ2) is 7.15. The first-order valence-corrected chi connectivity index (χ1v) is 8.93. The zero-order valence-corrected chi connectivity index (χ0v) is 15.1. The number of pyridine rings is 1. The Labute approximate surface area is 157 Å². The van der Waals surface area contributed by atoms with Gasteiger partial charge in [-0.25, -0.2) is 9.78 Å². The van der Waals surface area contributed by atoms with Crippen LogP contribution < -0.4 is 14.5 Å². The number of carboxylic acids is 1. The zero-order valence-electron chi connectivity index (χ0n) is 15.1. The Kier molecular flexibility index (Phi) is 4.54. The standard InChI is InChI=1S/C21H21N3O3/c1-27-19-9-5-4-8-18(19)23-10-12-24(13-11-23)20-16-7-3-2-6-15(16)17(14-22-20)21(25)26/h2-9,14H,10-13H2,1H3,(H,25,26). The summed E-state index contributed by atoms with van der Waals surface area (Å²) in [4.78, 5) is 20.5. The lowest BCUT2D eigenvalue weighted by molar-refractivity contribution is 0.0698. The van der Waals surface area contributed by atoms with E-state index in [-0.39, 0.29) is 5.56 Å². The van der Waals surface area contributed by atoms with E-state index >= 15 is 0 Å². The van der Waals surface area contributed by atoms with Crippen LogP contribution in [0.4, 0.5) is 11.5 Å². The molecule has 0 bridgehead atoms. The Morgan fingerprint density at radius 3 is 2.30 bits per heavy atom. The van der Waals surface area contributed by atoms with Crippen molar-refractivity contribution in [2.45, 2.75) is 0 Å². The number of anilines is 2. The van der Waals surface area contributed by atoms with E-state index in [1.807, 2.05) is 42.5 Å². The van der Waals surface area contributed by atoms with Crippen molar-refractivity contribution in [2.24, 2.45) is 0 Å². The molecule has 4 rings (SSSR count). The molecule has 0 radical (unpaired) electrons. The second-order valence-corrected chi connectivity index (χ2v) is 6.49. The molecule has 1 aliphatic heterocycles. The van der Waals surface area contributed by atoms with Crippen LogP contribution in [-0.2, 0) is 0 Å². The molecule has 0 spiro atoms. The summed E-state index contributed by atoms with van der Waals surface area (Å²) in [5, 5.41) is 11.0. The smallest absolute Gasteiger partial charge is 0.337 e. The molecule has 0 saturated carbocycles. The van der Waals surface area contributed by atoms with E-state index in [9.17, 15) is 9.90 Å². The summed E-state index contributed by atoms with van der Waals surface area (Å²) in [6.45, 7) is 3.30. The second-order valence-electron chi connectivity index (χ2n) is 6.49. The van der Waals surface area contributed by atoms with E-state index in [4.69, 9.17) is 4.74 Å². The maximum atomic E-state index is 11.5. The van der Waals surface area contributed by atoms with Gasteiger partial charge in [0.25, 0.3) is 0 Å². The van der Waals surface area contributed by atoms with Crippen LogP contribution in [0.2, 0.25) is 0 Å². The average molecular weight is 363 g/mol. The summed E-state index contributed by atoms with van der Waals surface area (Å²) >= 11 is 0. The van der Waals surface area contributed by atoms with Crippen molar-refractivity contribution in [3.05, 3.63) is 60.3 Å². The van der Waals surface area contributed by atoms with Gasteiger partial charge in [-0.2, -0.15) is 0 Å². The molecule has 2 heterocycles. The van der Waals surface area contributed by atoms with Gasteiger partial charge in [0.2, 0.25) is 0 Å². The van der Waals surface area contributed by atoms with Crippen LogP contribution in [0, 0.1) is 0 Å². The van der Waals surface area contributed by atoms with Crippen LogP contribution in [0.25, 0.3) is 10.8 Å². The summed E-state index contributed by atoms with van der Waals surface area (Å²) in [5.41, 5.74) is 1.33. The number of nitrogens with zero attached hydrogens (tertiary/aromatic N) is 3. The topological polar surface area (TPSA) is 65.9 Å². The van der Waals surface area contributed by atoms with Gasteiger partial charge in [-0.1, -0.05) is 36.4 Å². The number of ether oxygens (including phenoxy) is 1. The first kappa shape index (κ1) is 17.1. The van der Waals surface area contributed by atoms with Crippen molar-refractivity contribution in [3.8, 4) is 5.75 Å². The molecule has 0 aliphatic carbocycles. The van der Waals surface area contributed by atoms with Crippen LogP contribution in [0.15, 0.2) is 54.7 Å². The fourth-order valence-corrected chi connectivity index (χ4v) is 3.65. The lowest BCUT2D eigenvalue weighted by atomic mass is 10.1. The molecule has 27 heavy (non-hydrogen) atoms. The Bertz CT molecular complexity index is 981. The first-order valence-electron chi connectivity index (χ1n) is 8.93. The summed E-state index contributed by atoms with van der Waals surface area (Å²) in [6, 6.07) is 15.6. The van der Waals surface area contributed by atoms with Crippen LogP contribution in [0.5, 0.6) is 5.75 Å². The summed E-state index contributed by atoms with van der Waals surface area (Å²) < 4.78 is 5.48. The van der Waals surface area contributed by atoms with E-state index in [1.54, 1.807) is 7.11 Å². The number of carbonyl (C=O) groups is 1. The Hall–Kier alpha value is -3.28. The Balaban J connectivity index is 1.60. The van der Waals surface area contributed by atoms with Crippen molar-refractivity contribution in [3.63, 3.8) is 0 Å². The molecular formula is C21H21N3O3. The van der Waals surface area contributed by atoms with Gasteiger partial charge in [0.15, 0.2) is 0 Å². The number of methoxy groups -OCH3 is 1. The molecule has 138 valence electrons. The molecule has 2 aromatic carbocycles. The normalized spacial score (nSPS) is 14.4. The molecule has 1 saturated heterocycles. The maximum absolute atomic E-state index is 11.5. The van der Waals surface area contributed by atoms with Gasteiger partial charge in [0, 0.05) is 43.1 Å². The molecule has 1 fully saturated rings. The molecule has 6 heteroatoms. The number of aromatic nitrogens is 1. The van der Waals surface area contributed by atoms with Gasteiger partial charge >= 0.3 is 5.97 Å². The Morgan fingerprint density at radius 1 is 0.963 bits per heavy atom. The van der Waals surface area contributed by atoms with E-state index in [1.165, 1.54) is 6.20 Å². The monoisotopic (exact) mass is 363 g/mol. The van der Waals surface area contributed by atoms with E-state index in [0.29, 0.717) is 0 Å². The lowest BCUT2D eigenvalue weighted by Crippen LogP contribution is -2.47. The lowest BCUT2D eigenvalue weighted by Gasteiger charge is -2.37. The third-order valence-corrected chi connectivity index (χ3v) is 5.01. The maximum Gasteiger partial charge on any atom is 0.337 e. The van der Waals surface area contributed by atoms with E-state index in [2.05, 4.69) is 20.9 Å². The molecular weight excluding hydrogens is 342 g/mol. The van der Waals surface area contributed by atoms with Crippen LogP contribution in [0.3, 0.4) is 0 Å². The minimum atomic E-state index is -0.953. The van der Waals surface area contributed by atoms with Crippen molar-refractivity contribution < 1.29 is 14.6 Å². The predicted molar refractivity (Wildman–Crippen MR) is 106 cm³/mol. The highest BCUT2D eigenvalue weighted by molar-refractivity contribution is 6.06. The zero-order chi connectivity index (χ0) is 18.8. The van der Waals surface area contributed by atoms with Crippen molar-refractivity contribution in [1.29, 1.82) is 0 Å².